The molecule has 0 saturated carbocycles. The summed E-state index contributed by atoms with van der Waals surface area (Å²) in [7, 11) is 2.51. The lowest BCUT2D eigenvalue weighted by atomic mass is 10.1. The fourth-order valence-corrected chi connectivity index (χ4v) is 2.69. The van der Waals surface area contributed by atoms with Crippen molar-refractivity contribution >= 4 is 53.1 Å². The Kier molecular flexibility index (Phi) is 5.34. The Balaban J connectivity index is 2.40. The smallest absolute Gasteiger partial charge is 0.341 e. The number of nitrogens with zero attached hydrogens (tertiary/aromatic N) is 2. The van der Waals surface area contributed by atoms with Gasteiger partial charge < -0.3 is 9.84 Å². The number of urea groups is 1. The highest BCUT2D eigenvalue weighted by Crippen LogP contribution is 2.35. The summed E-state index contributed by atoms with van der Waals surface area (Å²) in [4.78, 5) is 48.2. The van der Waals surface area contributed by atoms with E-state index in [4.69, 9.17) is 33.0 Å². The molecule has 4 amide bonds. The molecular weight excluding hydrogens is 375 g/mol. The van der Waals surface area contributed by atoms with E-state index in [1.165, 1.54) is 32.3 Å². The Morgan fingerprint density at radius 1 is 1.12 bits per heavy atom. The number of amides is 4. The molecule has 25 heavy (non-hydrogen) atoms. The molecule has 1 heterocycles. The summed E-state index contributed by atoms with van der Waals surface area (Å²) in [5.74, 6) is -2.75. The number of carboxylic acids is 1. The monoisotopic (exact) mass is 386 g/mol. The van der Waals surface area contributed by atoms with Crippen LogP contribution in [0, 0.1) is 0 Å². The van der Waals surface area contributed by atoms with Crippen LogP contribution in [0.1, 0.15) is 5.56 Å². The zero-order valence-electron chi connectivity index (χ0n) is 13.1. The molecule has 2 rings (SSSR count). The van der Waals surface area contributed by atoms with E-state index in [0.29, 0.717) is 5.56 Å². The molecule has 1 aromatic carbocycles. The highest BCUT2D eigenvalue weighted by atomic mass is 35.5. The molecule has 0 radical (unpaired) electrons. The Morgan fingerprint density at radius 3 is 2.04 bits per heavy atom. The van der Waals surface area contributed by atoms with E-state index in [1.807, 2.05) is 0 Å². The van der Waals surface area contributed by atoms with Crippen molar-refractivity contribution in [3.63, 3.8) is 0 Å². The number of likely N-dealkylation sites (N-methyl/N-ethyl adjacent to an activating group) is 2. The zero-order chi connectivity index (χ0) is 18.9. The summed E-state index contributed by atoms with van der Waals surface area (Å²) in [5.41, 5.74) is 0.0708. The first-order valence-corrected chi connectivity index (χ1v) is 7.54. The number of imide groups is 2. The summed E-state index contributed by atoms with van der Waals surface area (Å²) >= 11 is 12.0. The van der Waals surface area contributed by atoms with Gasteiger partial charge in [-0.15, -0.1) is 0 Å². The zero-order valence-corrected chi connectivity index (χ0v) is 14.6. The number of hydrogen-bond acceptors (Lipinski definition) is 5. The van der Waals surface area contributed by atoms with Gasteiger partial charge in [-0.3, -0.25) is 19.4 Å². The number of halogens is 2. The minimum atomic E-state index is -1.20. The first-order valence-electron chi connectivity index (χ1n) is 6.79. The molecule has 0 spiro atoms. The molecule has 1 fully saturated rings. The fraction of sp³-hybridized carbons (Fsp3) is 0.200. The quantitative estimate of drug-likeness (QED) is 0.625. The van der Waals surface area contributed by atoms with Crippen molar-refractivity contribution in [1.29, 1.82) is 0 Å². The third kappa shape index (κ3) is 3.75. The molecule has 1 aliphatic heterocycles. The molecule has 0 atom stereocenters. The molecule has 0 bridgehead atoms. The Morgan fingerprint density at radius 2 is 1.60 bits per heavy atom. The highest BCUT2D eigenvalue weighted by molar-refractivity contribution is 6.37. The van der Waals surface area contributed by atoms with Crippen molar-refractivity contribution < 1.29 is 29.0 Å². The van der Waals surface area contributed by atoms with Crippen molar-refractivity contribution in [1.82, 2.24) is 9.80 Å². The van der Waals surface area contributed by atoms with Gasteiger partial charge in [0, 0.05) is 14.1 Å². The lowest BCUT2D eigenvalue weighted by Gasteiger charge is -2.28. The van der Waals surface area contributed by atoms with Crippen LogP contribution in [0.5, 0.6) is 5.75 Å². The first-order chi connectivity index (χ1) is 11.6. The van der Waals surface area contributed by atoms with Gasteiger partial charge in [-0.2, -0.15) is 0 Å². The van der Waals surface area contributed by atoms with Crippen molar-refractivity contribution in [2.75, 3.05) is 20.7 Å². The average Bonchev–Trinajstić information content (AvgIpc) is 2.54. The lowest BCUT2D eigenvalue weighted by molar-refractivity contribution is -0.139. The Hall–Kier alpha value is -2.58. The predicted molar refractivity (Wildman–Crippen MR) is 88.5 cm³/mol. The molecule has 1 aliphatic rings. The topological polar surface area (TPSA) is 104 Å². The van der Waals surface area contributed by atoms with E-state index in [0.717, 1.165) is 9.80 Å². The molecule has 10 heteroatoms. The van der Waals surface area contributed by atoms with Gasteiger partial charge in [0.25, 0.3) is 11.8 Å². The lowest BCUT2D eigenvalue weighted by Crippen LogP contribution is -2.52. The van der Waals surface area contributed by atoms with Gasteiger partial charge in [0.05, 0.1) is 10.0 Å². The second kappa shape index (κ2) is 7.12. The standard InChI is InChI=1S/C15H12Cl2N2O6/c1-18-13(22)8(14(23)19(2)15(18)24)3-7-4-9(16)12(10(17)5-7)25-6-11(20)21/h3-5H,6H2,1-2H3,(H,20,21). The van der Waals surface area contributed by atoms with Gasteiger partial charge in [0.15, 0.2) is 12.4 Å². The normalized spacial score (nSPS) is 14.9. The molecule has 8 nitrogen and oxygen atoms in total. The number of ether oxygens (including phenoxy) is 1. The molecule has 0 aliphatic carbocycles. The van der Waals surface area contributed by atoms with E-state index < -0.39 is 30.4 Å². The van der Waals surface area contributed by atoms with E-state index >= 15 is 0 Å². The highest BCUT2D eigenvalue weighted by Gasteiger charge is 2.37. The van der Waals surface area contributed by atoms with E-state index in [9.17, 15) is 19.2 Å². The minimum absolute atomic E-state index is 0.00842. The second-order valence-corrected chi connectivity index (χ2v) is 5.88. The molecule has 0 unspecified atom stereocenters. The second-order valence-electron chi connectivity index (χ2n) is 5.07. The fourth-order valence-electron chi connectivity index (χ4n) is 2.08. The summed E-state index contributed by atoms with van der Waals surface area (Å²) in [6, 6.07) is 1.98. The van der Waals surface area contributed by atoms with Gasteiger partial charge in [-0.25, -0.2) is 9.59 Å². The number of carbonyl (C=O) groups excluding carboxylic acids is 3. The van der Waals surface area contributed by atoms with Crippen molar-refractivity contribution in [3.05, 3.63) is 33.3 Å². The van der Waals surface area contributed by atoms with Crippen molar-refractivity contribution in [3.8, 4) is 5.75 Å². The van der Waals surface area contributed by atoms with Crippen LogP contribution in [-0.2, 0) is 14.4 Å². The van der Waals surface area contributed by atoms with Gasteiger partial charge in [-0.1, -0.05) is 23.2 Å². The third-order valence-electron chi connectivity index (χ3n) is 3.32. The average molecular weight is 387 g/mol. The first kappa shape index (κ1) is 18.8. The summed E-state index contributed by atoms with van der Waals surface area (Å²) in [5, 5.41) is 8.64. The van der Waals surface area contributed by atoms with Crippen molar-refractivity contribution in [2.24, 2.45) is 0 Å². The van der Waals surface area contributed by atoms with Crippen LogP contribution in [0.25, 0.3) is 6.08 Å². The summed E-state index contributed by atoms with van der Waals surface area (Å²) in [6.45, 7) is -0.630. The molecule has 0 aromatic heterocycles. The summed E-state index contributed by atoms with van der Waals surface area (Å²) < 4.78 is 4.99. The van der Waals surface area contributed by atoms with E-state index in [2.05, 4.69) is 0 Å². The maximum Gasteiger partial charge on any atom is 0.341 e. The van der Waals surface area contributed by atoms with Crippen LogP contribution < -0.4 is 4.74 Å². The van der Waals surface area contributed by atoms with Crippen LogP contribution in [0.2, 0.25) is 10.0 Å². The number of benzene rings is 1. The minimum Gasteiger partial charge on any atom is -0.479 e. The number of carboxylic acid groups (broad SMARTS) is 1. The Labute approximate surface area is 152 Å². The molecular formula is C15H12Cl2N2O6. The number of rotatable bonds is 4. The van der Waals surface area contributed by atoms with Gasteiger partial charge >= 0.3 is 12.0 Å². The number of carbonyl (C=O) groups is 4. The number of aliphatic carboxylic acids is 1. The van der Waals surface area contributed by atoms with Crippen LogP contribution in [0.15, 0.2) is 17.7 Å². The van der Waals surface area contributed by atoms with Crippen molar-refractivity contribution in [2.45, 2.75) is 0 Å². The van der Waals surface area contributed by atoms with Crippen LogP contribution in [0.3, 0.4) is 0 Å². The molecule has 1 aromatic rings. The van der Waals surface area contributed by atoms with Gasteiger partial charge in [0.2, 0.25) is 0 Å². The van der Waals surface area contributed by atoms with Gasteiger partial charge in [0.1, 0.15) is 5.57 Å². The van der Waals surface area contributed by atoms with E-state index in [-0.39, 0.29) is 21.4 Å². The number of barbiturate groups is 1. The van der Waals surface area contributed by atoms with E-state index in [1.54, 1.807) is 0 Å². The Bertz CT molecular complexity index is 771. The largest absolute Gasteiger partial charge is 0.479 e. The molecule has 1 saturated heterocycles. The molecule has 132 valence electrons. The maximum absolute atomic E-state index is 12.1. The SMILES string of the molecule is CN1C(=O)C(=Cc2cc(Cl)c(OCC(=O)O)c(Cl)c2)C(=O)N(C)C1=O. The van der Waals surface area contributed by atoms with Crippen LogP contribution in [0.4, 0.5) is 4.79 Å². The third-order valence-corrected chi connectivity index (χ3v) is 3.88. The summed E-state index contributed by atoms with van der Waals surface area (Å²) in [6.07, 6.45) is 1.24. The van der Waals surface area contributed by atoms with Crippen LogP contribution >= 0.6 is 23.2 Å². The molecule has 1 N–H and O–H groups in total. The van der Waals surface area contributed by atoms with Gasteiger partial charge in [-0.05, 0) is 23.8 Å². The maximum atomic E-state index is 12.1. The number of hydrogen-bond donors (Lipinski definition) is 1. The predicted octanol–water partition coefficient (Wildman–Crippen LogP) is 1.89. The van der Waals surface area contributed by atoms with Crippen LogP contribution in [-0.4, -0.2) is 59.4 Å².